The van der Waals surface area contributed by atoms with Gasteiger partial charge in [-0.3, -0.25) is 4.21 Å². The quantitative estimate of drug-likeness (QED) is 0.678. The number of rotatable bonds is 2. The molecule has 4 heteroatoms. The molecule has 0 spiro atoms. The number of para-hydroxylation sites is 1. The van der Waals surface area contributed by atoms with Crippen LogP contribution in [0.1, 0.15) is 5.56 Å². The van der Waals surface area contributed by atoms with Gasteiger partial charge in [-0.2, -0.15) is 0 Å². The lowest BCUT2D eigenvalue weighted by molar-refractivity contribution is 0.542. The molecule has 0 radical (unpaired) electrons. The highest BCUT2D eigenvalue weighted by Crippen LogP contribution is 2.12. The Balaban J connectivity index is 2.86. The Morgan fingerprint density at radius 2 is 2.09 bits per heavy atom. The van der Waals surface area contributed by atoms with E-state index in [0.717, 1.165) is 5.56 Å². The third kappa shape index (κ3) is 2.32. The Morgan fingerprint density at radius 1 is 1.45 bits per heavy atom. The van der Waals surface area contributed by atoms with E-state index in [2.05, 4.69) is 4.72 Å². The van der Waals surface area contributed by atoms with E-state index in [1.165, 1.54) is 0 Å². The number of hydrogen-bond acceptors (Lipinski definition) is 2. The van der Waals surface area contributed by atoms with Crippen molar-refractivity contribution in [3.8, 4) is 0 Å². The van der Waals surface area contributed by atoms with Crippen molar-refractivity contribution >= 4 is 17.0 Å². The first-order chi connectivity index (χ1) is 5.20. The van der Waals surface area contributed by atoms with Gasteiger partial charge in [0.15, 0.2) is 0 Å². The zero-order chi connectivity index (χ0) is 8.27. The molecule has 1 N–H and O–H groups in total. The zero-order valence-electron chi connectivity index (χ0n) is 6.03. The average molecular weight is 170 g/mol. The van der Waals surface area contributed by atoms with Gasteiger partial charge in [0.1, 0.15) is 0 Å². The highest BCUT2D eigenvalue weighted by molar-refractivity contribution is 7.80. The summed E-state index contributed by atoms with van der Waals surface area (Å²) in [7, 11) is 0. The molecule has 1 unspecified atom stereocenters. The molecule has 0 aromatic heterocycles. The Hall–Kier alpha value is -0.870. The second kappa shape index (κ2) is 3.50. The van der Waals surface area contributed by atoms with Crippen LogP contribution in [-0.2, 0) is 11.3 Å². The second-order valence-corrected chi connectivity index (χ2v) is 2.83. The fourth-order valence-electron chi connectivity index (χ4n) is 0.777. The topological polar surface area (TPSA) is 52.2 Å². The molecular weight excluding hydrogens is 162 g/mol. The van der Waals surface area contributed by atoms with Crippen LogP contribution in [-0.4, -0.2) is 8.76 Å². The molecule has 1 atom stereocenters. The molecule has 1 rings (SSSR count). The standard InChI is InChI=1S/C7H9NO2S/c1-6-4-2-3-5-7(6)8-11(9)10/h2-5,8H,1H3,(H,9,10)/p-1. The van der Waals surface area contributed by atoms with Gasteiger partial charge in [-0.05, 0) is 18.6 Å². The summed E-state index contributed by atoms with van der Waals surface area (Å²) in [4.78, 5) is 0. The summed E-state index contributed by atoms with van der Waals surface area (Å²) in [5.74, 6) is 0. The van der Waals surface area contributed by atoms with Gasteiger partial charge >= 0.3 is 0 Å². The van der Waals surface area contributed by atoms with Gasteiger partial charge in [0.25, 0.3) is 0 Å². The number of benzene rings is 1. The van der Waals surface area contributed by atoms with E-state index in [4.69, 9.17) is 0 Å². The van der Waals surface area contributed by atoms with E-state index in [0.29, 0.717) is 5.69 Å². The number of hydrogen-bond donors (Lipinski definition) is 1. The van der Waals surface area contributed by atoms with E-state index >= 15 is 0 Å². The van der Waals surface area contributed by atoms with Crippen molar-refractivity contribution in [2.75, 3.05) is 4.72 Å². The Bertz CT molecular complexity index is 275. The second-order valence-electron chi connectivity index (χ2n) is 2.15. The molecule has 11 heavy (non-hydrogen) atoms. The van der Waals surface area contributed by atoms with E-state index in [9.17, 15) is 8.76 Å². The van der Waals surface area contributed by atoms with Gasteiger partial charge in [-0.25, -0.2) is 0 Å². The molecule has 0 bridgehead atoms. The fourth-order valence-corrected chi connectivity index (χ4v) is 1.19. The zero-order valence-corrected chi connectivity index (χ0v) is 6.85. The van der Waals surface area contributed by atoms with E-state index in [1.54, 1.807) is 12.1 Å². The van der Waals surface area contributed by atoms with Gasteiger partial charge in [0.2, 0.25) is 0 Å². The predicted octanol–water partition coefficient (Wildman–Crippen LogP) is 1.20. The van der Waals surface area contributed by atoms with Gasteiger partial charge in [-0.15, -0.1) is 0 Å². The van der Waals surface area contributed by atoms with Crippen LogP contribution in [0, 0.1) is 6.92 Å². The van der Waals surface area contributed by atoms with Gasteiger partial charge < -0.3 is 9.27 Å². The number of aryl methyl sites for hydroxylation is 1. The van der Waals surface area contributed by atoms with Crippen LogP contribution in [0.5, 0.6) is 0 Å². The molecule has 0 saturated carbocycles. The maximum atomic E-state index is 10.2. The lowest BCUT2D eigenvalue weighted by atomic mass is 10.2. The largest absolute Gasteiger partial charge is 0.755 e. The van der Waals surface area contributed by atoms with Crippen molar-refractivity contribution in [1.82, 2.24) is 0 Å². The van der Waals surface area contributed by atoms with Crippen molar-refractivity contribution in [3.05, 3.63) is 29.8 Å². The number of anilines is 1. The minimum Gasteiger partial charge on any atom is -0.755 e. The molecule has 0 aliphatic heterocycles. The Kier molecular flexibility index (Phi) is 2.62. The molecule has 0 fully saturated rings. The maximum Gasteiger partial charge on any atom is 0.0481 e. The first-order valence-corrected chi connectivity index (χ1v) is 4.19. The molecule has 0 amide bonds. The lowest BCUT2D eigenvalue weighted by Gasteiger charge is -2.10. The molecule has 1 aromatic carbocycles. The van der Waals surface area contributed by atoms with Gasteiger partial charge in [0, 0.05) is 17.0 Å². The fraction of sp³-hybridized carbons (Fsp3) is 0.143. The molecule has 0 aliphatic rings. The van der Waals surface area contributed by atoms with Crippen LogP contribution >= 0.6 is 0 Å². The SMILES string of the molecule is Cc1ccccc1NS(=O)[O-]. The normalized spacial score (nSPS) is 12.5. The first-order valence-electron chi connectivity index (χ1n) is 3.11. The van der Waals surface area contributed by atoms with E-state index in [-0.39, 0.29) is 0 Å². The first kappa shape index (κ1) is 8.23. The smallest absolute Gasteiger partial charge is 0.0481 e. The molecule has 0 heterocycles. The maximum absolute atomic E-state index is 10.2. The molecule has 0 aliphatic carbocycles. The summed E-state index contributed by atoms with van der Waals surface area (Å²) < 4.78 is 22.7. The van der Waals surface area contributed by atoms with Gasteiger partial charge in [-0.1, -0.05) is 18.2 Å². The molecule has 3 nitrogen and oxygen atoms in total. The van der Waals surface area contributed by atoms with Crippen LogP contribution in [0.15, 0.2) is 24.3 Å². The van der Waals surface area contributed by atoms with Gasteiger partial charge in [0.05, 0.1) is 0 Å². The van der Waals surface area contributed by atoms with E-state index < -0.39 is 11.3 Å². The Morgan fingerprint density at radius 3 is 2.64 bits per heavy atom. The molecule has 60 valence electrons. The summed E-state index contributed by atoms with van der Waals surface area (Å²) in [6, 6.07) is 7.19. The van der Waals surface area contributed by atoms with Crippen molar-refractivity contribution in [3.63, 3.8) is 0 Å². The molecule has 1 aromatic rings. The lowest BCUT2D eigenvalue weighted by Crippen LogP contribution is -2.03. The minimum absolute atomic E-state index is 0.626. The monoisotopic (exact) mass is 170 g/mol. The van der Waals surface area contributed by atoms with Crippen LogP contribution in [0.25, 0.3) is 0 Å². The van der Waals surface area contributed by atoms with Crippen molar-refractivity contribution in [2.45, 2.75) is 6.92 Å². The number of nitrogens with one attached hydrogen (secondary N) is 1. The highest BCUT2D eigenvalue weighted by atomic mass is 32.2. The summed E-state index contributed by atoms with van der Waals surface area (Å²) >= 11 is -2.23. The predicted molar refractivity (Wildman–Crippen MR) is 43.7 cm³/mol. The van der Waals surface area contributed by atoms with Crippen molar-refractivity contribution in [1.29, 1.82) is 0 Å². The summed E-state index contributed by atoms with van der Waals surface area (Å²) in [5.41, 5.74) is 1.54. The molecular formula is C7H8NO2S-. The van der Waals surface area contributed by atoms with Crippen LogP contribution in [0.4, 0.5) is 5.69 Å². The van der Waals surface area contributed by atoms with E-state index in [1.807, 2.05) is 19.1 Å². The highest BCUT2D eigenvalue weighted by Gasteiger charge is 1.92. The summed E-state index contributed by atoms with van der Waals surface area (Å²) in [5, 5.41) is 0. The van der Waals surface area contributed by atoms with Crippen LogP contribution < -0.4 is 4.72 Å². The van der Waals surface area contributed by atoms with Crippen molar-refractivity contribution < 1.29 is 8.76 Å². The summed E-state index contributed by atoms with van der Waals surface area (Å²) in [6.07, 6.45) is 0. The molecule has 0 saturated heterocycles. The van der Waals surface area contributed by atoms with Crippen molar-refractivity contribution in [2.24, 2.45) is 0 Å². The Labute approximate surface area is 67.9 Å². The van der Waals surface area contributed by atoms with Crippen LogP contribution in [0.3, 0.4) is 0 Å². The summed E-state index contributed by atoms with van der Waals surface area (Å²) in [6.45, 7) is 1.84. The third-order valence-electron chi connectivity index (χ3n) is 1.34. The minimum atomic E-state index is -2.23. The van der Waals surface area contributed by atoms with Crippen LogP contribution in [0.2, 0.25) is 0 Å². The average Bonchev–Trinajstić information content (AvgIpc) is 1.93. The third-order valence-corrected chi connectivity index (χ3v) is 1.72.